The Morgan fingerprint density at radius 1 is 1.17 bits per heavy atom. The number of amides is 2. The first-order valence-corrected chi connectivity index (χ1v) is 12.5. The number of aromatic nitrogens is 2. The molecule has 0 radical (unpaired) electrons. The summed E-state index contributed by atoms with van der Waals surface area (Å²) in [7, 11) is 3.61. The molecule has 4 rings (SSSR count). The van der Waals surface area contributed by atoms with Gasteiger partial charge in [0.05, 0.1) is 20.3 Å². The van der Waals surface area contributed by atoms with Crippen LogP contribution in [0.4, 0.5) is 11.8 Å². The molecule has 1 aromatic carbocycles. The number of carbonyl (C=O) groups excluding carboxylic acids is 2. The minimum atomic E-state index is -0.0693. The summed E-state index contributed by atoms with van der Waals surface area (Å²) in [6.45, 7) is 11.6. The molecule has 1 saturated heterocycles. The van der Waals surface area contributed by atoms with E-state index in [9.17, 15) is 9.59 Å². The zero-order valence-corrected chi connectivity index (χ0v) is 22.1. The SMILES string of the molecule is CCOc1cc(OC)ccc1CN(C)c1nc(N2CCN(C(C)=O)CC2)nc2c1CN(C(C)C)C2=O. The molecule has 1 fully saturated rings. The average Bonchev–Trinajstić information content (AvgIpc) is 3.21. The minimum Gasteiger partial charge on any atom is -0.497 e. The number of anilines is 2. The molecule has 2 amide bonds. The van der Waals surface area contributed by atoms with E-state index in [2.05, 4.69) is 9.80 Å². The van der Waals surface area contributed by atoms with E-state index in [4.69, 9.17) is 19.4 Å². The first kappa shape index (κ1) is 25.5. The summed E-state index contributed by atoms with van der Waals surface area (Å²) in [5, 5.41) is 0. The second-order valence-corrected chi connectivity index (χ2v) is 9.46. The van der Waals surface area contributed by atoms with Gasteiger partial charge >= 0.3 is 0 Å². The van der Waals surface area contributed by atoms with Crippen molar-refractivity contribution in [2.24, 2.45) is 0 Å². The van der Waals surface area contributed by atoms with Crippen molar-refractivity contribution in [2.75, 3.05) is 56.7 Å². The van der Waals surface area contributed by atoms with Gasteiger partial charge in [-0.05, 0) is 32.9 Å². The highest BCUT2D eigenvalue weighted by Crippen LogP contribution is 2.34. The van der Waals surface area contributed by atoms with Crippen molar-refractivity contribution < 1.29 is 19.1 Å². The maximum absolute atomic E-state index is 13.3. The number of benzene rings is 1. The van der Waals surface area contributed by atoms with Crippen LogP contribution in [0.5, 0.6) is 11.5 Å². The molecule has 3 heterocycles. The largest absolute Gasteiger partial charge is 0.497 e. The molecule has 1 aromatic heterocycles. The van der Waals surface area contributed by atoms with Gasteiger partial charge in [0.25, 0.3) is 5.91 Å². The van der Waals surface area contributed by atoms with E-state index in [1.54, 1.807) is 14.0 Å². The normalized spacial score (nSPS) is 15.4. The highest BCUT2D eigenvalue weighted by Gasteiger charge is 2.36. The van der Waals surface area contributed by atoms with E-state index >= 15 is 0 Å². The molecule has 0 unspecified atom stereocenters. The molecule has 0 saturated carbocycles. The lowest BCUT2D eigenvalue weighted by Crippen LogP contribution is -2.48. The molecule has 36 heavy (non-hydrogen) atoms. The van der Waals surface area contributed by atoms with Gasteiger partial charge in [-0.15, -0.1) is 0 Å². The number of hydrogen-bond donors (Lipinski definition) is 0. The third-order valence-electron chi connectivity index (χ3n) is 6.74. The van der Waals surface area contributed by atoms with Gasteiger partial charge in [-0.3, -0.25) is 9.59 Å². The molecular weight excluding hydrogens is 460 g/mol. The second kappa shape index (κ2) is 10.6. The summed E-state index contributed by atoms with van der Waals surface area (Å²) in [4.78, 5) is 42.5. The van der Waals surface area contributed by atoms with Crippen LogP contribution in [0.1, 0.15) is 49.3 Å². The Morgan fingerprint density at radius 3 is 2.50 bits per heavy atom. The van der Waals surface area contributed by atoms with Crippen molar-refractivity contribution >= 4 is 23.6 Å². The van der Waals surface area contributed by atoms with Crippen LogP contribution in [-0.2, 0) is 17.9 Å². The van der Waals surface area contributed by atoms with Crippen LogP contribution in [0.15, 0.2) is 18.2 Å². The van der Waals surface area contributed by atoms with Crippen LogP contribution in [-0.4, -0.2) is 84.6 Å². The first-order valence-electron chi connectivity index (χ1n) is 12.5. The number of fused-ring (bicyclic) bond motifs is 1. The predicted octanol–water partition coefficient (Wildman–Crippen LogP) is 2.55. The Balaban J connectivity index is 1.69. The second-order valence-electron chi connectivity index (χ2n) is 9.46. The van der Waals surface area contributed by atoms with E-state index in [-0.39, 0.29) is 17.9 Å². The zero-order chi connectivity index (χ0) is 26.0. The highest BCUT2D eigenvalue weighted by molar-refractivity contribution is 5.98. The summed E-state index contributed by atoms with van der Waals surface area (Å²) in [6.07, 6.45) is 0. The van der Waals surface area contributed by atoms with Gasteiger partial charge in [-0.25, -0.2) is 4.98 Å². The van der Waals surface area contributed by atoms with Gasteiger partial charge in [0.1, 0.15) is 23.0 Å². The van der Waals surface area contributed by atoms with Gasteiger partial charge in [0.15, 0.2) is 0 Å². The Kier molecular flexibility index (Phi) is 7.51. The fraction of sp³-hybridized carbons (Fsp3) is 0.538. The smallest absolute Gasteiger partial charge is 0.273 e. The lowest BCUT2D eigenvalue weighted by molar-refractivity contribution is -0.129. The zero-order valence-electron chi connectivity index (χ0n) is 22.1. The van der Waals surface area contributed by atoms with Crippen LogP contribution in [0.25, 0.3) is 0 Å². The lowest BCUT2D eigenvalue weighted by Gasteiger charge is -2.34. The third kappa shape index (κ3) is 5.03. The maximum atomic E-state index is 13.3. The Bertz CT molecular complexity index is 1130. The van der Waals surface area contributed by atoms with E-state index in [1.165, 1.54) is 0 Å². The standard InChI is InChI=1S/C26H36N6O4/c1-7-36-22-14-20(35-6)9-8-19(22)15-29(5)24-21-16-32(17(2)3)25(34)23(21)27-26(28-24)31-12-10-30(11-13-31)18(4)33/h8-9,14,17H,7,10-13,15-16H2,1-6H3. The average molecular weight is 497 g/mol. The minimum absolute atomic E-state index is 0.0542. The molecule has 0 bridgehead atoms. The fourth-order valence-electron chi connectivity index (χ4n) is 4.67. The van der Waals surface area contributed by atoms with E-state index in [1.807, 2.05) is 55.8 Å². The van der Waals surface area contributed by atoms with Gasteiger partial charge in [0, 0.05) is 69.9 Å². The predicted molar refractivity (Wildman–Crippen MR) is 138 cm³/mol. The molecule has 0 spiro atoms. The number of ether oxygens (including phenoxy) is 2. The van der Waals surface area contributed by atoms with Crippen LogP contribution in [0, 0.1) is 0 Å². The number of rotatable bonds is 8. The van der Waals surface area contributed by atoms with Crippen LogP contribution in [0.2, 0.25) is 0 Å². The molecule has 10 nitrogen and oxygen atoms in total. The molecule has 10 heteroatoms. The van der Waals surface area contributed by atoms with E-state index in [0.29, 0.717) is 57.5 Å². The number of hydrogen-bond acceptors (Lipinski definition) is 8. The van der Waals surface area contributed by atoms with Crippen LogP contribution in [0.3, 0.4) is 0 Å². The number of methoxy groups -OCH3 is 1. The molecular formula is C26H36N6O4. The molecule has 194 valence electrons. The van der Waals surface area contributed by atoms with Crippen LogP contribution < -0.4 is 19.3 Å². The maximum Gasteiger partial charge on any atom is 0.273 e. The first-order chi connectivity index (χ1) is 17.2. The molecule has 0 aliphatic carbocycles. The molecule has 2 aliphatic heterocycles. The van der Waals surface area contributed by atoms with Crippen molar-refractivity contribution in [3.63, 3.8) is 0 Å². The fourth-order valence-corrected chi connectivity index (χ4v) is 4.67. The molecule has 2 aromatic rings. The number of nitrogens with zero attached hydrogens (tertiary/aromatic N) is 6. The molecule has 0 N–H and O–H groups in total. The number of carbonyl (C=O) groups is 2. The lowest BCUT2D eigenvalue weighted by atomic mass is 10.1. The Morgan fingerprint density at radius 2 is 1.89 bits per heavy atom. The van der Waals surface area contributed by atoms with Crippen molar-refractivity contribution in [1.29, 1.82) is 0 Å². The van der Waals surface area contributed by atoms with Crippen molar-refractivity contribution in [1.82, 2.24) is 19.8 Å². The van der Waals surface area contributed by atoms with Gasteiger partial charge < -0.3 is 29.1 Å². The summed E-state index contributed by atoms with van der Waals surface area (Å²) in [5.74, 6) is 2.75. The summed E-state index contributed by atoms with van der Waals surface area (Å²) < 4.78 is 11.3. The summed E-state index contributed by atoms with van der Waals surface area (Å²) in [5.41, 5.74) is 2.30. The third-order valence-corrected chi connectivity index (χ3v) is 6.74. The van der Waals surface area contributed by atoms with Gasteiger partial charge in [-0.1, -0.05) is 0 Å². The quantitative estimate of drug-likeness (QED) is 0.551. The van der Waals surface area contributed by atoms with E-state index in [0.717, 1.165) is 28.4 Å². The number of piperazine rings is 1. The topological polar surface area (TPSA) is 91.3 Å². The Labute approximate surface area is 212 Å². The Hall–Kier alpha value is -3.56. The van der Waals surface area contributed by atoms with Crippen LogP contribution >= 0.6 is 0 Å². The molecule has 0 atom stereocenters. The highest BCUT2D eigenvalue weighted by atomic mass is 16.5. The van der Waals surface area contributed by atoms with Crippen molar-refractivity contribution in [2.45, 2.75) is 46.8 Å². The summed E-state index contributed by atoms with van der Waals surface area (Å²) >= 11 is 0. The molecule has 2 aliphatic rings. The van der Waals surface area contributed by atoms with Crippen molar-refractivity contribution in [3.8, 4) is 11.5 Å². The van der Waals surface area contributed by atoms with E-state index < -0.39 is 0 Å². The van der Waals surface area contributed by atoms with Gasteiger partial charge in [-0.2, -0.15) is 4.98 Å². The van der Waals surface area contributed by atoms with Crippen molar-refractivity contribution in [3.05, 3.63) is 35.0 Å². The monoisotopic (exact) mass is 496 g/mol. The summed E-state index contributed by atoms with van der Waals surface area (Å²) in [6, 6.07) is 5.86. The van der Waals surface area contributed by atoms with Gasteiger partial charge in [0.2, 0.25) is 11.9 Å².